The Hall–Kier alpha value is -3.62. The molecular formula is C21H23N7O2. The van der Waals surface area contributed by atoms with Gasteiger partial charge in [0.05, 0.1) is 12.5 Å². The molecule has 0 aromatic carbocycles. The molecule has 9 nitrogen and oxygen atoms in total. The number of fused-ring (bicyclic) bond motifs is 2. The molecule has 9 heteroatoms. The van der Waals surface area contributed by atoms with E-state index in [4.69, 9.17) is 4.74 Å². The number of methoxy groups -OCH3 is 1. The Balaban J connectivity index is 1.45. The highest BCUT2D eigenvalue weighted by Gasteiger charge is 2.22. The number of hydrogen-bond acceptors (Lipinski definition) is 6. The van der Waals surface area contributed by atoms with Gasteiger partial charge >= 0.3 is 0 Å². The van der Waals surface area contributed by atoms with Gasteiger partial charge in [-0.3, -0.25) is 4.79 Å². The number of pyridine rings is 1. The SMILES string of the molecule is COc1nc(NC2CCN(C(C)=O)CC2)nc2[nH]cc(-c3ccc4nccn4c3)c12. The summed E-state index contributed by atoms with van der Waals surface area (Å²) in [5, 5.41) is 4.25. The summed E-state index contributed by atoms with van der Waals surface area (Å²) in [5.74, 6) is 1.17. The van der Waals surface area contributed by atoms with Gasteiger partial charge in [0, 0.05) is 62.0 Å². The Labute approximate surface area is 173 Å². The van der Waals surface area contributed by atoms with Crippen molar-refractivity contribution in [2.75, 3.05) is 25.5 Å². The summed E-state index contributed by atoms with van der Waals surface area (Å²) in [5.41, 5.74) is 3.60. The zero-order valence-electron chi connectivity index (χ0n) is 16.9. The minimum absolute atomic E-state index is 0.126. The number of nitrogens with one attached hydrogen (secondary N) is 2. The second kappa shape index (κ2) is 7.33. The largest absolute Gasteiger partial charge is 0.480 e. The number of H-pyrrole nitrogens is 1. The maximum absolute atomic E-state index is 11.5. The number of likely N-dealkylation sites (tertiary alicyclic amines) is 1. The molecule has 0 spiro atoms. The van der Waals surface area contributed by atoms with Gasteiger partial charge in [-0.05, 0) is 25.0 Å². The lowest BCUT2D eigenvalue weighted by atomic mass is 10.1. The molecule has 4 aromatic heterocycles. The van der Waals surface area contributed by atoms with Gasteiger partial charge in [0.25, 0.3) is 0 Å². The lowest BCUT2D eigenvalue weighted by Crippen LogP contribution is -2.41. The molecule has 1 saturated heterocycles. The number of amides is 1. The number of aromatic nitrogens is 5. The minimum atomic E-state index is 0.126. The molecule has 154 valence electrons. The van der Waals surface area contributed by atoms with Crippen molar-refractivity contribution in [3.63, 3.8) is 0 Å². The van der Waals surface area contributed by atoms with Crippen molar-refractivity contribution in [3.05, 3.63) is 36.9 Å². The standard InChI is InChI=1S/C21H23N7O2/c1-13(29)27-8-5-15(6-9-27)24-21-25-19-18(20(26-21)30-2)16(11-23-19)14-3-4-17-22-7-10-28(17)12-14/h3-4,7,10-12,15H,5-6,8-9H2,1-2H3,(H2,23,24,25,26). The molecule has 2 N–H and O–H groups in total. The van der Waals surface area contributed by atoms with Gasteiger partial charge in [-0.25, -0.2) is 4.98 Å². The summed E-state index contributed by atoms with van der Waals surface area (Å²) in [6.07, 6.45) is 9.38. The second-order valence-corrected chi connectivity index (χ2v) is 7.52. The van der Waals surface area contributed by atoms with Crippen molar-refractivity contribution in [2.24, 2.45) is 0 Å². The van der Waals surface area contributed by atoms with Crippen LogP contribution in [-0.4, -0.2) is 61.4 Å². The summed E-state index contributed by atoms with van der Waals surface area (Å²) in [6, 6.07) is 4.23. The van der Waals surface area contributed by atoms with Crippen molar-refractivity contribution in [1.29, 1.82) is 0 Å². The number of nitrogens with zero attached hydrogens (tertiary/aromatic N) is 5. The predicted octanol–water partition coefficient (Wildman–Crippen LogP) is 2.70. The van der Waals surface area contributed by atoms with Crippen LogP contribution in [0.25, 0.3) is 27.8 Å². The van der Waals surface area contributed by atoms with E-state index in [0.29, 0.717) is 17.5 Å². The summed E-state index contributed by atoms with van der Waals surface area (Å²) in [4.78, 5) is 30.2. The van der Waals surface area contributed by atoms with Crippen molar-refractivity contribution >= 4 is 28.5 Å². The number of ether oxygens (including phenoxy) is 1. The third kappa shape index (κ3) is 3.22. The highest BCUT2D eigenvalue weighted by molar-refractivity contribution is 5.97. The Morgan fingerprint density at radius 2 is 2.10 bits per heavy atom. The first-order chi connectivity index (χ1) is 14.6. The Morgan fingerprint density at radius 3 is 2.87 bits per heavy atom. The molecule has 0 atom stereocenters. The summed E-state index contributed by atoms with van der Waals surface area (Å²) in [6.45, 7) is 3.11. The highest BCUT2D eigenvalue weighted by Crippen LogP contribution is 2.34. The van der Waals surface area contributed by atoms with Gasteiger partial charge in [-0.1, -0.05) is 0 Å². The molecule has 1 fully saturated rings. The van der Waals surface area contributed by atoms with Crippen LogP contribution in [0.4, 0.5) is 5.95 Å². The Kier molecular flexibility index (Phi) is 4.50. The number of carbonyl (C=O) groups excluding carboxylic acids is 1. The van der Waals surface area contributed by atoms with Gasteiger partial charge in [0.2, 0.25) is 17.7 Å². The first-order valence-electron chi connectivity index (χ1n) is 10.0. The molecule has 0 bridgehead atoms. The molecule has 1 amide bonds. The number of rotatable bonds is 4. The monoisotopic (exact) mass is 405 g/mol. The van der Waals surface area contributed by atoms with E-state index in [9.17, 15) is 4.79 Å². The number of aromatic amines is 1. The number of hydrogen-bond donors (Lipinski definition) is 2. The Bertz CT molecular complexity index is 1220. The maximum atomic E-state index is 11.5. The van der Waals surface area contributed by atoms with Crippen LogP contribution in [0.15, 0.2) is 36.9 Å². The third-order valence-corrected chi connectivity index (χ3v) is 5.66. The van der Waals surface area contributed by atoms with E-state index < -0.39 is 0 Å². The van der Waals surface area contributed by atoms with Gasteiger partial charge in [0.1, 0.15) is 11.3 Å². The fourth-order valence-electron chi connectivity index (χ4n) is 4.04. The lowest BCUT2D eigenvalue weighted by Gasteiger charge is -2.31. The molecule has 0 aliphatic carbocycles. The van der Waals surface area contributed by atoms with Crippen LogP contribution in [0.5, 0.6) is 5.88 Å². The number of piperidine rings is 1. The van der Waals surface area contributed by atoms with E-state index in [0.717, 1.165) is 48.1 Å². The van der Waals surface area contributed by atoms with E-state index in [1.54, 1.807) is 20.2 Å². The zero-order chi connectivity index (χ0) is 20.7. The van der Waals surface area contributed by atoms with Crippen molar-refractivity contribution < 1.29 is 9.53 Å². The zero-order valence-corrected chi connectivity index (χ0v) is 16.9. The molecular weight excluding hydrogens is 382 g/mol. The van der Waals surface area contributed by atoms with Crippen LogP contribution < -0.4 is 10.1 Å². The van der Waals surface area contributed by atoms with Gasteiger partial charge in [-0.2, -0.15) is 9.97 Å². The molecule has 0 radical (unpaired) electrons. The van der Waals surface area contributed by atoms with Crippen LogP contribution >= 0.6 is 0 Å². The van der Waals surface area contributed by atoms with Crippen molar-refractivity contribution in [2.45, 2.75) is 25.8 Å². The van der Waals surface area contributed by atoms with Crippen LogP contribution in [0.2, 0.25) is 0 Å². The second-order valence-electron chi connectivity index (χ2n) is 7.52. The van der Waals surface area contributed by atoms with E-state index in [1.165, 1.54) is 0 Å². The van der Waals surface area contributed by atoms with Crippen LogP contribution in [0, 0.1) is 0 Å². The fraction of sp³-hybridized carbons (Fsp3) is 0.333. The number of anilines is 1. The van der Waals surface area contributed by atoms with E-state index in [-0.39, 0.29) is 11.9 Å². The predicted molar refractivity (Wildman–Crippen MR) is 114 cm³/mol. The van der Waals surface area contributed by atoms with Gasteiger partial charge < -0.3 is 24.3 Å². The van der Waals surface area contributed by atoms with Crippen molar-refractivity contribution in [1.82, 2.24) is 29.2 Å². The number of imidazole rings is 1. The summed E-state index contributed by atoms with van der Waals surface area (Å²) >= 11 is 0. The van der Waals surface area contributed by atoms with Gasteiger partial charge in [0.15, 0.2) is 0 Å². The quantitative estimate of drug-likeness (QED) is 0.541. The Morgan fingerprint density at radius 1 is 1.27 bits per heavy atom. The number of carbonyl (C=O) groups is 1. The first-order valence-corrected chi connectivity index (χ1v) is 10.0. The average molecular weight is 405 g/mol. The molecule has 0 unspecified atom stereocenters. The maximum Gasteiger partial charge on any atom is 0.228 e. The summed E-state index contributed by atoms with van der Waals surface area (Å²) < 4.78 is 7.59. The van der Waals surface area contributed by atoms with Crippen molar-refractivity contribution in [3.8, 4) is 17.0 Å². The molecule has 1 aliphatic rings. The molecule has 5 heterocycles. The van der Waals surface area contributed by atoms with E-state index >= 15 is 0 Å². The smallest absolute Gasteiger partial charge is 0.228 e. The van der Waals surface area contributed by atoms with Gasteiger partial charge in [-0.15, -0.1) is 0 Å². The lowest BCUT2D eigenvalue weighted by molar-refractivity contribution is -0.129. The normalized spacial score (nSPS) is 15.1. The fourth-order valence-corrected chi connectivity index (χ4v) is 4.04. The van der Waals surface area contributed by atoms with Crippen LogP contribution in [0.1, 0.15) is 19.8 Å². The topological polar surface area (TPSA) is 100 Å². The molecule has 0 saturated carbocycles. The molecule has 5 rings (SSSR count). The molecule has 1 aliphatic heterocycles. The first kappa shape index (κ1) is 18.4. The van der Waals surface area contributed by atoms with E-state index in [2.05, 4.69) is 25.3 Å². The van der Waals surface area contributed by atoms with Crippen LogP contribution in [0.3, 0.4) is 0 Å². The third-order valence-electron chi connectivity index (χ3n) is 5.66. The highest BCUT2D eigenvalue weighted by atomic mass is 16.5. The molecule has 4 aromatic rings. The summed E-state index contributed by atoms with van der Waals surface area (Å²) in [7, 11) is 1.62. The minimum Gasteiger partial charge on any atom is -0.480 e. The average Bonchev–Trinajstić information content (AvgIpc) is 3.39. The van der Waals surface area contributed by atoms with E-state index in [1.807, 2.05) is 40.0 Å². The molecule has 30 heavy (non-hydrogen) atoms. The van der Waals surface area contributed by atoms with Crippen LogP contribution in [-0.2, 0) is 4.79 Å².